The van der Waals surface area contributed by atoms with E-state index in [1.165, 1.54) is 50.8 Å². The fraction of sp³-hybridized carbons (Fsp3) is 0.538. The van der Waals surface area contributed by atoms with Gasteiger partial charge in [-0.15, -0.1) is 0 Å². The highest BCUT2D eigenvalue weighted by Crippen LogP contribution is 2.33. The van der Waals surface area contributed by atoms with Crippen LogP contribution in [0.25, 0.3) is 0 Å². The number of fused-ring (bicyclic) bond motifs is 3. The van der Waals surface area contributed by atoms with E-state index in [0.717, 1.165) is 0 Å². The van der Waals surface area contributed by atoms with Gasteiger partial charge in [-0.05, 0) is 55.2 Å². The molecule has 0 saturated carbocycles. The molecule has 1 nitrogen and oxygen atoms in total. The first-order valence-corrected chi connectivity index (χ1v) is 5.82. The predicted octanol–water partition coefficient (Wildman–Crippen LogP) is 2.92. The van der Waals surface area contributed by atoms with Crippen LogP contribution in [0.2, 0.25) is 0 Å². The highest BCUT2D eigenvalue weighted by Gasteiger charge is 2.17. The Balaban J connectivity index is 2.12. The molecule has 0 unspecified atom stereocenters. The number of anilines is 1. The lowest BCUT2D eigenvalue weighted by Crippen LogP contribution is -2.16. The Labute approximate surface area is 85.5 Å². The van der Waals surface area contributed by atoms with Gasteiger partial charge >= 0.3 is 0 Å². The first-order chi connectivity index (χ1) is 6.95. The molecule has 0 fully saturated rings. The quantitative estimate of drug-likeness (QED) is 0.658. The van der Waals surface area contributed by atoms with Gasteiger partial charge < -0.3 is 5.32 Å². The van der Waals surface area contributed by atoms with Crippen LogP contribution in [0.4, 0.5) is 5.69 Å². The van der Waals surface area contributed by atoms with E-state index in [2.05, 4.69) is 17.4 Å². The summed E-state index contributed by atoms with van der Waals surface area (Å²) in [5, 5.41) is 3.59. The predicted molar refractivity (Wildman–Crippen MR) is 59.9 cm³/mol. The minimum Gasteiger partial charge on any atom is -0.385 e. The molecular weight excluding hydrogens is 170 g/mol. The average molecular weight is 187 g/mol. The standard InChI is InChI=1S/C13H17N/c1-2-6-12-10(4-1)7-8-11-5-3-9-14-13(11)12/h7-8,14H,1-6,9H2. The van der Waals surface area contributed by atoms with Crippen LogP contribution in [-0.4, -0.2) is 6.54 Å². The molecule has 2 aliphatic rings. The van der Waals surface area contributed by atoms with E-state index in [9.17, 15) is 0 Å². The van der Waals surface area contributed by atoms with Gasteiger partial charge in [-0.25, -0.2) is 0 Å². The molecule has 1 heteroatoms. The van der Waals surface area contributed by atoms with Crippen LogP contribution < -0.4 is 5.32 Å². The molecule has 0 aromatic heterocycles. The van der Waals surface area contributed by atoms with E-state index in [4.69, 9.17) is 0 Å². The molecule has 0 spiro atoms. The Morgan fingerprint density at radius 2 is 1.64 bits per heavy atom. The van der Waals surface area contributed by atoms with Gasteiger partial charge in [0.2, 0.25) is 0 Å². The van der Waals surface area contributed by atoms with Crippen LogP contribution in [0.1, 0.15) is 36.0 Å². The lowest BCUT2D eigenvalue weighted by atomic mass is 9.86. The van der Waals surface area contributed by atoms with Crippen LogP contribution >= 0.6 is 0 Å². The van der Waals surface area contributed by atoms with Gasteiger partial charge in [-0.1, -0.05) is 12.1 Å². The zero-order valence-corrected chi connectivity index (χ0v) is 8.60. The van der Waals surface area contributed by atoms with Crippen molar-refractivity contribution in [2.45, 2.75) is 38.5 Å². The molecule has 0 bridgehead atoms. The lowest BCUT2D eigenvalue weighted by Gasteiger charge is -2.26. The van der Waals surface area contributed by atoms with E-state index >= 15 is 0 Å². The Kier molecular flexibility index (Phi) is 1.97. The maximum atomic E-state index is 3.59. The molecule has 0 saturated heterocycles. The Morgan fingerprint density at radius 1 is 0.857 bits per heavy atom. The van der Waals surface area contributed by atoms with Crippen LogP contribution in [-0.2, 0) is 19.3 Å². The van der Waals surface area contributed by atoms with Crippen molar-refractivity contribution in [2.75, 3.05) is 11.9 Å². The van der Waals surface area contributed by atoms with Crippen molar-refractivity contribution in [3.05, 3.63) is 28.8 Å². The van der Waals surface area contributed by atoms with E-state index in [-0.39, 0.29) is 0 Å². The first-order valence-electron chi connectivity index (χ1n) is 5.82. The second-order valence-electron chi connectivity index (χ2n) is 4.47. The molecule has 0 amide bonds. The average Bonchev–Trinajstić information content (AvgIpc) is 2.29. The molecule has 1 aromatic rings. The van der Waals surface area contributed by atoms with Gasteiger partial charge in [-0.2, -0.15) is 0 Å². The van der Waals surface area contributed by atoms with E-state index in [1.807, 2.05) is 0 Å². The molecular formula is C13H17N. The molecule has 1 heterocycles. The fourth-order valence-electron chi connectivity index (χ4n) is 2.80. The SMILES string of the molecule is c1cc2c(c3c1CCCC3)NCCC2. The number of aryl methyl sites for hydroxylation is 2. The van der Waals surface area contributed by atoms with Crippen LogP contribution in [0.5, 0.6) is 0 Å². The number of hydrogen-bond donors (Lipinski definition) is 1. The number of nitrogens with one attached hydrogen (secondary N) is 1. The van der Waals surface area contributed by atoms with E-state index in [0.29, 0.717) is 0 Å². The van der Waals surface area contributed by atoms with Crippen molar-refractivity contribution in [2.24, 2.45) is 0 Å². The Bertz CT molecular complexity index is 319. The molecule has 1 aromatic carbocycles. The third kappa shape index (κ3) is 1.23. The minimum absolute atomic E-state index is 1.17. The summed E-state index contributed by atoms with van der Waals surface area (Å²) in [5.74, 6) is 0. The summed E-state index contributed by atoms with van der Waals surface area (Å²) < 4.78 is 0. The largest absolute Gasteiger partial charge is 0.385 e. The van der Waals surface area contributed by atoms with Gasteiger partial charge in [0, 0.05) is 12.2 Å². The summed E-state index contributed by atoms with van der Waals surface area (Å²) in [5.41, 5.74) is 6.28. The molecule has 1 aliphatic heterocycles. The van der Waals surface area contributed by atoms with Gasteiger partial charge in [0.25, 0.3) is 0 Å². The molecule has 1 N–H and O–H groups in total. The molecule has 74 valence electrons. The van der Waals surface area contributed by atoms with Gasteiger partial charge in [0.1, 0.15) is 0 Å². The van der Waals surface area contributed by atoms with Crippen molar-refractivity contribution in [3.63, 3.8) is 0 Å². The molecule has 1 aliphatic carbocycles. The maximum absolute atomic E-state index is 3.59. The third-order valence-electron chi connectivity index (χ3n) is 3.54. The van der Waals surface area contributed by atoms with Crippen LogP contribution in [0.3, 0.4) is 0 Å². The van der Waals surface area contributed by atoms with Crippen LogP contribution in [0, 0.1) is 0 Å². The third-order valence-corrected chi connectivity index (χ3v) is 3.54. The Morgan fingerprint density at radius 3 is 2.64 bits per heavy atom. The number of benzene rings is 1. The van der Waals surface area contributed by atoms with Crippen molar-refractivity contribution < 1.29 is 0 Å². The van der Waals surface area contributed by atoms with E-state index < -0.39 is 0 Å². The summed E-state index contributed by atoms with van der Waals surface area (Å²) in [6, 6.07) is 4.70. The summed E-state index contributed by atoms with van der Waals surface area (Å²) in [7, 11) is 0. The summed E-state index contributed by atoms with van der Waals surface area (Å²) >= 11 is 0. The maximum Gasteiger partial charge on any atom is 0.0408 e. The Hall–Kier alpha value is -0.980. The van der Waals surface area contributed by atoms with Crippen LogP contribution in [0.15, 0.2) is 12.1 Å². The zero-order valence-electron chi connectivity index (χ0n) is 8.60. The van der Waals surface area contributed by atoms with Crippen molar-refractivity contribution in [1.82, 2.24) is 0 Å². The molecule has 0 radical (unpaired) electrons. The first kappa shape index (κ1) is 8.34. The van der Waals surface area contributed by atoms with E-state index in [1.54, 1.807) is 16.7 Å². The molecule has 0 atom stereocenters. The van der Waals surface area contributed by atoms with Crippen molar-refractivity contribution in [1.29, 1.82) is 0 Å². The van der Waals surface area contributed by atoms with Gasteiger partial charge in [0.15, 0.2) is 0 Å². The van der Waals surface area contributed by atoms with Crippen molar-refractivity contribution >= 4 is 5.69 Å². The zero-order chi connectivity index (χ0) is 9.38. The summed E-state index contributed by atoms with van der Waals surface area (Å²) in [6.45, 7) is 1.17. The topological polar surface area (TPSA) is 12.0 Å². The lowest BCUT2D eigenvalue weighted by molar-refractivity contribution is 0.681. The van der Waals surface area contributed by atoms with Gasteiger partial charge in [-0.3, -0.25) is 0 Å². The highest BCUT2D eigenvalue weighted by molar-refractivity contribution is 5.62. The monoisotopic (exact) mass is 187 g/mol. The molecule has 3 rings (SSSR count). The second-order valence-corrected chi connectivity index (χ2v) is 4.47. The number of rotatable bonds is 0. The number of hydrogen-bond acceptors (Lipinski definition) is 1. The summed E-state index contributed by atoms with van der Waals surface area (Å²) in [6.07, 6.45) is 7.92. The summed E-state index contributed by atoms with van der Waals surface area (Å²) in [4.78, 5) is 0. The van der Waals surface area contributed by atoms with Gasteiger partial charge in [0.05, 0.1) is 0 Å². The highest BCUT2D eigenvalue weighted by atomic mass is 14.9. The molecule has 14 heavy (non-hydrogen) atoms. The second kappa shape index (κ2) is 3.30. The normalized spacial score (nSPS) is 19.4. The fourth-order valence-corrected chi connectivity index (χ4v) is 2.80. The minimum atomic E-state index is 1.17. The van der Waals surface area contributed by atoms with Crippen molar-refractivity contribution in [3.8, 4) is 0 Å². The smallest absolute Gasteiger partial charge is 0.0408 e.